The number of nitrogens with zero attached hydrogens (tertiary/aromatic N) is 7. The van der Waals surface area contributed by atoms with Crippen molar-refractivity contribution in [2.75, 3.05) is 20.8 Å². The van der Waals surface area contributed by atoms with E-state index < -0.39 is 15.3 Å². The molecule has 15 heteroatoms. The van der Waals surface area contributed by atoms with Crippen LogP contribution in [0.5, 0.6) is 17.4 Å². The molecule has 2 N–H and O–H groups in total. The average Bonchev–Trinajstić information content (AvgIpc) is 3.31. The smallest absolute Gasteiger partial charge is 0.225 e. The molecule has 0 radical (unpaired) electrons. The van der Waals surface area contributed by atoms with Gasteiger partial charge in [-0.1, -0.05) is 23.7 Å². The van der Waals surface area contributed by atoms with Crippen LogP contribution in [0.1, 0.15) is 29.3 Å². The Bertz CT molecular complexity index is 1830. The Morgan fingerprint density at radius 3 is 2.24 bits per heavy atom. The van der Waals surface area contributed by atoms with Crippen molar-refractivity contribution in [3.8, 4) is 34.6 Å². The number of benzene rings is 1. The van der Waals surface area contributed by atoms with Gasteiger partial charge in [-0.15, -0.1) is 0 Å². The zero-order valence-electron chi connectivity index (χ0n) is 22.4. The van der Waals surface area contributed by atoms with Crippen molar-refractivity contribution in [1.82, 2.24) is 34.5 Å². The predicted octanol–water partition coefficient (Wildman–Crippen LogP) is 3.42. The summed E-state index contributed by atoms with van der Waals surface area (Å²) in [6.07, 6.45) is 2.94. The highest BCUT2D eigenvalue weighted by Gasteiger charge is 2.35. The minimum atomic E-state index is -4.36. The number of fused-ring (bicyclic) bond motifs is 1. The SMILES string of the molecule is CCOc1cccc(-c2nc3nc(Cl)c(C(c4ncc(C)cn4)S(N)(=O)=O)nc3n2-c2c(OC)cccc2OC)n1. The van der Waals surface area contributed by atoms with Gasteiger partial charge in [0, 0.05) is 18.5 Å². The van der Waals surface area contributed by atoms with Crippen molar-refractivity contribution in [2.45, 2.75) is 19.1 Å². The van der Waals surface area contributed by atoms with E-state index in [4.69, 9.17) is 31.0 Å². The molecular formula is C26H25ClN8O5S. The van der Waals surface area contributed by atoms with E-state index in [-0.39, 0.29) is 33.8 Å². The van der Waals surface area contributed by atoms with Gasteiger partial charge in [-0.3, -0.25) is 4.57 Å². The number of pyridine rings is 1. The standard InChI is InChI=1S/C26H25ClN8O5S/c1-5-40-18-11-6-8-15(31-18)25-34-24-26(35(25)20-16(38-3)9-7-10-17(20)39-4)32-19(22(27)33-24)21(41(28,36)37)23-29-12-14(2)13-30-23/h6-13,21H,5H2,1-4H3,(H2,28,36,37). The summed E-state index contributed by atoms with van der Waals surface area (Å²) < 4.78 is 44.3. The predicted molar refractivity (Wildman–Crippen MR) is 151 cm³/mol. The number of hydrogen-bond acceptors (Lipinski definition) is 11. The van der Waals surface area contributed by atoms with Crippen LogP contribution in [0.3, 0.4) is 0 Å². The first-order valence-electron chi connectivity index (χ1n) is 12.2. The molecule has 0 fully saturated rings. The fourth-order valence-corrected chi connectivity index (χ4v) is 5.41. The average molecular weight is 597 g/mol. The number of nitrogens with two attached hydrogens (primary N) is 1. The topological polar surface area (TPSA) is 170 Å². The molecule has 0 saturated carbocycles. The van der Waals surface area contributed by atoms with E-state index in [1.807, 2.05) is 6.92 Å². The number of methoxy groups -OCH3 is 2. The molecule has 0 saturated heterocycles. The number of sulfonamides is 1. The number of ether oxygens (including phenoxy) is 3. The van der Waals surface area contributed by atoms with Gasteiger partial charge >= 0.3 is 0 Å². The lowest BCUT2D eigenvalue weighted by Crippen LogP contribution is -2.26. The zero-order valence-corrected chi connectivity index (χ0v) is 24.0. The van der Waals surface area contributed by atoms with E-state index in [9.17, 15) is 8.42 Å². The molecule has 5 rings (SSSR count). The molecule has 41 heavy (non-hydrogen) atoms. The molecule has 1 atom stereocenters. The quantitative estimate of drug-likeness (QED) is 0.264. The first-order valence-corrected chi connectivity index (χ1v) is 14.2. The monoisotopic (exact) mass is 596 g/mol. The van der Waals surface area contributed by atoms with E-state index in [1.165, 1.54) is 26.6 Å². The van der Waals surface area contributed by atoms with Crippen molar-refractivity contribution in [1.29, 1.82) is 0 Å². The Kier molecular flexibility index (Phi) is 7.71. The maximum atomic E-state index is 12.9. The van der Waals surface area contributed by atoms with Crippen molar-refractivity contribution in [2.24, 2.45) is 5.14 Å². The second-order valence-electron chi connectivity index (χ2n) is 8.71. The minimum Gasteiger partial charge on any atom is -0.494 e. The molecule has 212 valence electrons. The van der Waals surface area contributed by atoms with Gasteiger partial charge in [0.15, 0.2) is 33.3 Å². The summed E-state index contributed by atoms with van der Waals surface area (Å²) in [5, 5.41) is 3.81. The van der Waals surface area contributed by atoms with Gasteiger partial charge in [0.25, 0.3) is 0 Å². The van der Waals surface area contributed by atoms with Crippen LogP contribution in [-0.2, 0) is 10.0 Å². The fraction of sp³-hybridized carbons (Fsp3) is 0.231. The third kappa shape index (κ3) is 5.36. The van der Waals surface area contributed by atoms with Crippen LogP contribution in [0.25, 0.3) is 28.5 Å². The summed E-state index contributed by atoms with van der Waals surface area (Å²) in [5.41, 5.74) is 1.60. The van der Waals surface area contributed by atoms with Gasteiger partial charge in [-0.25, -0.2) is 43.5 Å². The van der Waals surface area contributed by atoms with E-state index in [1.54, 1.807) is 47.9 Å². The van der Waals surface area contributed by atoms with Gasteiger partial charge in [0.1, 0.15) is 28.6 Å². The van der Waals surface area contributed by atoms with Crippen molar-refractivity contribution >= 4 is 32.9 Å². The van der Waals surface area contributed by atoms with Crippen LogP contribution in [0.4, 0.5) is 0 Å². The molecule has 0 bridgehead atoms. The highest BCUT2D eigenvalue weighted by Crippen LogP contribution is 2.39. The highest BCUT2D eigenvalue weighted by atomic mass is 35.5. The van der Waals surface area contributed by atoms with Crippen molar-refractivity contribution in [3.05, 3.63) is 71.0 Å². The van der Waals surface area contributed by atoms with Gasteiger partial charge in [-0.2, -0.15) is 0 Å². The molecule has 4 aromatic heterocycles. The number of aromatic nitrogens is 7. The van der Waals surface area contributed by atoms with Gasteiger partial charge in [-0.05, 0) is 37.6 Å². The normalized spacial score (nSPS) is 12.3. The molecule has 5 aromatic rings. The van der Waals surface area contributed by atoms with Gasteiger partial charge in [0.05, 0.1) is 20.8 Å². The number of primary sulfonamides is 1. The first kappa shape index (κ1) is 28.1. The highest BCUT2D eigenvalue weighted by molar-refractivity contribution is 7.89. The summed E-state index contributed by atoms with van der Waals surface area (Å²) >= 11 is 6.54. The molecule has 1 aromatic carbocycles. The van der Waals surface area contributed by atoms with Crippen LogP contribution in [0, 0.1) is 6.92 Å². The maximum Gasteiger partial charge on any atom is 0.225 e. The Morgan fingerprint density at radius 1 is 0.976 bits per heavy atom. The number of aryl methyl sites for hydroxylation is 1. The van der Waals surface area contributed by atoms with E-state index >= 15 is 0 Å². The molecule has 0 spiro atoms. The summed E-state index contributed by atoms with van der Waals surface area (Å²) in [5.74, 6) is 1.38. The fourth-order valence-electron chi connectivity index (χ4n) is 4.22. The molecule has 0 aliphatic carbocycles. The molecule has 4 heterocycles. The molecule has 0 aliphatic heterocycles. The molecule has 13 nitrogen and oxygen atoms in total. The summed E-state index contributed by atoms with van der Waals surface area (Å²) in [6, 6.07) is 10.4. The summed E-state index contributed by atoms with van der Waals surface area (Å²) in [6.45, 7) is 4.02. The van der Waals surface area contributed by atoms with E-state index in [0.717, 1.165) is 5.56 Å². The Balaban J connectivity index is 1.88. The Hall–Kier alpha value is -4.40. The molecule has 0 amide bonds. The number of imidazole rings is 1. The number of halogens is 1. The summed E-state index contributed by atoms with van der Waals surface area (Å²) in [7, 11) is -1.35. The lowest BCUT2D eigenvalue weighted by Gasteiger charge is -2.17. The van der Waals surface area contributed by atoms with Crippen LogP contribution in [-0.4, -0.2) is 63.7 Å². The van der Waals surface area contributed by atoms with Crippen LogP contribution in [0.2, 0.25) is 5.15 Å². The van der Waals surface area contributed by atoms with Crippen molar-refractivity contribution in [3.63, 3.8) is 0 Å². The second kappa shape index (κ2) is 11.2. The maximum absolute atomic E-state index is 12.9. The van der Waals surface area contributed by atoms with Crippen molar-refractivity contribution < 1.29 is 22.6 Å². The first-order chi connectivity index (χ1) is 19.7. The molecule has 0 aliphatic rings. The minimum absolute atomic E-state index is 0.100. The number of hydrogen-bond donors (Lipinski definition) is 1. The third-order valence-corrected chi connectivity index (χ3v) is 7.33. The van der Waals surface area contributed by atoms with E-state index in [2.05, 4.69) is 29.9 Å². The number of rotatable bonds is 9. The second-order valence-corrected chi connectivity index (χ2v) is 10.7. The molecular weight excluding hydrogens is 572 g/mol. The van der Waals surface area contributed by atoms with Crippen LogP contribution >= 0.6 is 11.6 Å². The third-order valence-electron chi connectivity index (χ3n) is 5.96. The summed E-state index contributed by atoms with van der Waals surface area (Å²) in [4.78, 5) is 26.7. The zero-order chi connectivity index (χ0) is 29.3. The lowest BCUT2D eigenvalue weighted by atomic mass is 10.2. The Morgan fingerprint density at radius 2 is 1.63 bits per heavy atom. The molecule has 1 unspecified atom stereocenters. The number of para-hydroxylation sites is 1. The van der Waals surface area contributed by atoms with Crippen LogP contribution < -0.4 is 19.3 Å². The largest absolute Gasteiger partial charge is 0.494 e. The van der Waals surface area contributed by atoms with Gasteiger partial charge in [0.2, 0.25) is 15.9 Å². The Labute approximate surface area is 240 Å². The van der Waals surface area contributed by atoms with Gasteiger partial charge < -0.3 is 14.2 Å². The van der Waals surface area contributed by atoms with Crippen LogP contribution in [0.15, 0.2) is 48.8 Å². The lowest BCUT2D eigenvalue weighted by molar-refractivity contribution is 0.327. The van der Waals surface area contributed by atoms with E-state index in [0.29, 0.717) is 35.4 Å².